The lowest BCUT2D eigenvalue weighted by molar-refractivity contribution is 0.624. The first-order chi connectivity index (χ1) is 10.3. The molecule has 0 radical (unpaired) electrons. The standard InChI is InChI=1S/C16H18FN3S/c1-18-16-13-7-2-3-8-14(13)19-15(20-16)10-21-12-6-4-5-11(17)9-12/h4-6,9H,2-3,7-8,10H2,1H3,(H,18,19,20). The zero-order valence-corrected chi connectivity index (χ0v) is 12.8. The Bertz CT molecular complexity index is 628. The van der Waals surface area contributed by atoms with Crippen molar-refractivity contribution in [3.8, 4) is 0 Å². The highest BCUT2D eigenvalue weighted by Gasteiger charge is 2.17. The predicted octanol–water partition coefficient (Wildman–Crippen LogP) is 3.83. The first-order valence-corrected chi connectivity index (χ1v) is 8.19. The fourth-order valence-electron chi connectivity index (χ4n) is 2.62. The second kappa shape index (κ2) is 6.43. The normalized spacial score (nSPS) is 13.8. The quantitative estimate of drug-likeness (QED) is 0.871. The summed E-state index contributed by atoms with van der Waals surface area (Å²) in [6.45, 7) is 0. The lowest BCUT2D eigenvalue weighted by atomic mass is 9.96. The Morgan fingerprint density at radius 1 is 1.24 bits per heavy atom. The molecule has 0 aliphatic heterocycles. The van der Waals surface area contributed by atoms with Gasteiger partial charge in [-0.15, -0.1) is 11.8 Å². The molecular formula is C16H18FN3S. The Kier molecular flexibility index (Phi) is 4.39. The molecule has 0 atom stereocenters. The van der Waals surface area contributed by atoms with Crippen LogP contribution in [0.25, 0.3) is 0 Å². The van der Waals surface area contributed by atoms with Crippen LogP contribution in [0.4, 0.5) is 10.2 Å². The van der Waals surface area contributed by atoms with E-state index < -0.39 is 0 Å². The molecule has 0 spiro atoms. The Hall–Kier alpha value is -1.62. The number of anilines is 1. The minimum Gasteiger partial charge on any atom is -0.373 e. The van der Waals surface area contributed by atoms with Gasteiger partial charge in [0.05, 0.1) is 5.75 Å². The second-order valence-corrected chi connectivity index (χ2v) is 6.17. The van der Waals surface area contributed by atoms with Gasteiger partial charge in [0, 0.05) is 23.2 Å². The van der Waals surface area contributed by atoms with Crippen LogP contribution >= 0.6 is 11.8 Å². The molecule has 0 saturated carbocycles. The van der Waals surface area contributed by atoms with E-state index in [0.717, 1.165) is 29.4 Å². The van der Waals surface area contributed by atoms with E-state index in [-0.39, 0.29) is 5.82 Å². The third kappa shape index (κ3) is 3.35. The van der Waals surface area contributed by atoms with Crippen molar-refractivity contribution in [1.82, 2.24) is 9.97 Å². The number of nitrogens with one attached hydrogen (secondary N) is 1. The molecule has 21 heavy (non-hydrogen) atoms. The smallest absolute Gasteiger partial charge is 0.141 e. The summed E-state index contributed by atoms with van der Waals surface area (Å²) in [6, 6.07) is 6.64. The van der Waals surface area contributed by atoms with Gasteiger partial charge in [-0.05, 0) is 43.9 Å². The van der Waals surface area contributed by atoms with Crippen molar-refractivity contribution < 1.29 is 4.39 Å². The van der Waals surface area contributed by atoms with Gasteiger partial charge in [0.15, 0.2) is 0 Å². The number of nitrogens with zero attached hydrogens (tertiary/aromatic N) is 2. The monoisotopic (exact) mass is 303 g/mol. The lowest BCUT2D eigenvalue weighted by Gasteiger charge is -2.18. The van der Waals surface area contributed by atoms with Gasteiger partial charge in [0.2, 0.25) is 0 Å². The maximum absolute atomic E-state index is 13.2. The van der Waals surface area contributed by atoms with Crippen molar-refractivity contribution in [3.63, 3.8) is 0 Å². The molecule has 0 saturated heterocycles. The van der Waals surface area contributed by atoms with Crippen LogP contribution in [0, 0.1) is 5.82 Å². The Labute approximate surface area is 128 Å². The molecule has 0 amide bonds. The molecule has 0 fully saturated rings. The summed E-state index contributed by atoms with van der Waals surface area (Å²) in [5, 5.41) is 3.18. The SMILES string of the molecule is CNc1nc(CSc2cccc(F)c2)nc2c1CCCC2. The molecule has 1 aromatic carbocycles. The zero-order chi connectivity index (χ0) is 14.7. The van der Waals surface area contributed by atoms with Crippen molar-refractivity contribution >= 4 is 17.6 Å². The third-order valence-corrected chi connectivity index (χ3v) is 4.62. The van der Waals surface area contributed by atoms with Crippen LogP contribution in [0.5, 0.6) is 0 Å². The summed E-state index contributed by atoms with van der Waals surface area (Å²) < 4.78 is 13.2. The lowest BCUT2D eigenvalue weighted by Crippen LogP contribution is -2.13. The van der Waals surface area contributed by atoms with Crippen molar-refractivity contribution in [1.29, 1.82) is 0 Å². The summed E-state index contributed by atoms with van der Waals surface area (Å²) in [6.07, 6.45) is 4.50. The van der Waals surface area contributed by atoms with Crippen LogP contribution in [0.15, 0.2) is 29.2 Å². The van der Waals surface area contributed by atoms with E-state index in [4.69, 9.17) is 4.98 Å². The van der Waals surface area contributed by atoms with Crippen LogP contribution < -0.4 is 5.32 Å². The molecule has 1 N–H and O–H groups in total. The van der Waals surface area contributed by atoms with E-state index in [1.807, 2.05) is 13.1 Å². The first-order valence-electron chi connectivity index (χ1n) is 7.21. The molecule has 1 aliphatic rings. The highest BCUT2D eigenvalue weighted by atomic mass is 32.2. The molecule has 2 aromatic rings. The average molecular weight is 303 g/mol. The van der Waals surface area contributed by atoms with E-state index in [1.165, 1.54) is 30.2 Å². The summed E-state index contributed by atoms with van der Waals surface area (Å²) in [4.78, 5) is 10.2. The highest BCUT2D eigenvalue weighted by molar-refractivity contribution is 7.98. The number of hydrogen-bond acceptors (Lipinski definition) is 4. The molecule has 0 bridgehead atoms. The van der Waals surface area contributed by atoms with Crippen LogP contribution in [-0.2, 0) is 18.6 Å². The topological polar surface area (TPSA) is 37.8 Å². The number of fused-ring (bicyclic) bond motifs is 1. The van der Waals surface area contributed by atoms with E-state index in [0.29, 0.717) is 5.75 Å². The van der Waals surface area contributed by atoms with Crippen molar-refractivity contribution in [3.05, 3.63) is 47.2 Å². The van der Waals surface area contributed by atoms with Crippen molar-refractivity contribution in [2.75, 3.05) is 12.4 Å². The molecule has 3 rings (SSSR count). The van der Waals surface area contributed by atoms with Gasteiger partial charge in [-0.1, -0.05) is 6.07 Å². The molecule has 5 heteroatoms. The summed E-state index contributed by atoms with van der Waals surface area (Å²) >= 11 is 1.56. The fourth-order valence-corrected chi connectivity index (χ4v) is 3.42. The molecule has 1 heterocycles. The van der Waals surface area contributed by atoms with Crippen LogP contribution in [0.2, 0.25) is 0 Å². The molecule has 110 valence electrons. The predicted molar refractivity (Wildman–Crippen MR) is 84.2 cm³/mol. The minimum atomic E-state index is -0.206. The van der Waals surface area contributed by atoms with E-state index in [9.17, 15) is 4.39 Å². The van der Waals surface area contributed by atoms with E-state index in [2.05, 4.69) is 10.3 Å². The van der Waals surface area contributed by atoms with Crippen LogP contribution in [0.3, 0.4) is 0 Å². The fraction of sp³-hybridized carbons (Fsp3) is 0.375. The van der Waals surface area contributed by atoms with Crippen LogP contribution in [0.1, 0.15) is 29.9 Å². The van der Waals surface area contributed by atoms with Gasteiger partial charge in [-0.25, -0.2) is 14.4 Å². The number of aromatic nitrogens is 2. The highest BCUT2D eigenvalue weighted by Crippen LogP contribution is 2.27. The Morgan fingerprint density at radius 2 is 2.10 bits per heavy atom. The molecular weight excluding hydrogens is 285 g/mol. The molecule has 1 aromatic heterocycles. The Morgan fingerprint density at radius 3 is 2.90 bits per heavy atom. The van der Waals surface area contributed by atoms with Gasteiger partial charge in [-0.3, -0.25) is 0 Å². The van der Waals surface area contributed by atoms with E-state index in [1.54, 1.807) is 23.9 Å². The van der Waals surface area contributed by atoms with Crippen molar-refractivity contribution in [2.45, 2.75) is 36.3 Å². The first kappa shape index (κ1) is 14.3. The summed E-state index contributed by atoms with van der Waals surface area (Å²) in [5.41, 5.74) is 2.44. The number of halogens is 1. The third-order valence-electron chi connectivity index (χ3n) is 3.63. The minimum absolute atomic E-state index is 0.206. The number of hydrogen-bond donors (Lipinski definition) is 1. The van der Waals surface area contributed by atoms with Crippen LogP contribution in [-0.4, -0.2) is 17.0 Å². The summed E-state index contributed by atoms with van der Waals surface area (Å²) in [7, 11) is 1.90. The van der Waals surface area contributed by atoms with Gasteiger partial charge in [0.1, 0.15) is 17.5 Å². The number of thioether (sulfide) groups is 1. The maximum atomic E-state index is 13.2. The molecule has 1 aliphatic carbocycles. The molecule has 3 nitrogen and oxygen atoms in total. The zero-order valence-electron chi connectivity index (χ0n) is 12.0. The van der Waals surface area contributed by atoms with Gasteiger partial charge in [-0.2, -0.15) is 0 Å². The average Bonchev–Trinajstić information content (AvgIpc) is 2.52. The largest absolute Gasteiger partial charge is 0.373 e. The van der Waals surface area contributed by atoms with E-state index >= 15 is 0 Å². The second-order valence-electron chi connectivity index (χ2n) is 5.12. The van der Waals surface area contributed by atoms with Gasteiger partial charge in [0.25, 0.3) is 0 Å². The Balaban J connectivity index is 1.79. The number of rotatable bonds is 4. The maximum Gasteiger partial charge on any atom is 0.141 e. The van der Waals surface area contributed by atoms with Gasteiger partial charge < -0.3 is 5.32 Å². The van der Waals surface area contributed by atoms with Crippen molar-refractivity contribution in [2.24, 2.45) is 0 Å². The number of aryl methyl sites for hydroxylation is 1. The molecule has 0 unspecified atom stereocenters. The summed E-state index contributed by atoms with van der Waals surface area (Å²) in [5.74, 6) is 2.22. The van der Waals surface area contributed by atoms with Gasteiger partial charge >= 0.3 is 0 Å². The number of benzene rings is 1.